The lowest BCUT2D eigenvalue weighted by Crippen LogP contribution is -2.48. The molecule has 218 valence electrons. The van der Waals surface area contributed by atoms with Gasteiger partial charge in [0.2, 0.25) is 0 Å². The highest BCUT2D eigenvalue weighted by molar-refractivity contribution is 5.96. The number of carbonyl (C=O) groups is 3. The van der Waals surface area contributed by atoms with Gasteiger partial charge in [0.1, 0.15) is 5.69 Å². The summed E-state index contributed by atoms with van der Waals surface area (Å²) in [5.74, 6) is -5.90. The molecule has 11 heteroatoms. The molecular weight excluding hydrogens is 548 g/mol. The zero-order valence-corrected chi connectivity index (χ0v) is 22.6. The Hall–Kier alpha value is -4.90. The van der Waals surface area contributed by atoms with E-state index < -0.39 is 41.6 Å². The van der Waals surface area contributed by atoms with Crippen molar-refractivity contribution in [3.8, 4) is 11.1 Å². The van der Waals surface area contributed by atoms with Gasteiger partial charge in [0, 0.05) is 16.8 Å². The van der Waals surface area contributed by atoms with Crippen LogP contribution in [0, 0.1) is 11.6 Å². The van der Waals surface area contributed by atoms with Gasteiger partial charge in [0.15, 0.2) is 17.7 Å². The van der Waals surface area contributed by atoms with E-state index in [9.17, 15) is 29.7 Å². The third kappa shape index (κ3) is 6.69. The number of carbonyl (C=O) groups excluding carboxylic acids is 1. The molecule has 1 aromatic heterocycles. The molecule has 2 unspecified atom stereocenters. The second kappa shape index (κ2) is 13.2. The Labute approximate surface area is 240 Å². The number of nitrogens with zero attached hydrogens (tertiary/aromatic N) is 2. The fourth-order valence-electron chi connectivity index (χ4n) is 4.67. The van der Waals surface area contributed by atoms with Gasteiger partial charge in [-0.3, -0.25) is 9.48 Å². The van der Waals surface area contributed by atoms with E-state index in [0.717, 1.165) is 0 Å². The number of aromatic nitrogens is 2. The van der Waals surface area contributed by atoms with E-state index in [1.54, 1.807) is 30.3 Å². The standard InChI is InChI=1S/C31H29F2N3O6/c1-2-8-20-16-25(29(38)34-24(28(37)31(41)42)15-18-9-4-3-5-10-18)35-36(20)17-19-13-14-22(27(33)26(19)32)21-11-6-7-12-23(21)30(39)40/h3-7,9-14,16,24,28,37H,2,8,15,17H2,1H3,(H,34,38)(H,39,40)(H,41,42). The number of hydrogen-bond donors (Lipinski definition) is 4. The van der Waals surface area contributed by atoms with Crippen LogP contribution in [0.25, 0.3) is 11.1 Å². The molecule has 0 fully saturated rings. The molecule has 0 saturated heterocycles. The lowest BCUT2D eigenvalue weighted by Gasteiger charge is -2.21. The van der Waals surface area contributed by atoms with Crippen LogP contribution in [0.2, 0.25) is 0 Å². The maximum absolute atomic E-state index is 15.3. The molecule has 0 saturated carbocycles. The minimum absolute atomic E-state index is 0.0336. The molecule has 0 radical (unpaired) electrons. The highest BCUT2D eigenvalue weighted by atomic mass is 19.2. The van der Waals surface area contributed by atoms with Crippen LogP contribution in [-0.2, 0) is 24.2 Å². The van der Waals surface area contributed by atoms with Gasteiger partial charge in [0.25, 0.3) is 5.91 Å². The summed E-state index contributed by atoms with van der Waals surface area (Å²) in [5, 5.41) is 35.9. The first-order valence-electron chi connectivity index (χ1n) is 13.2. The molecule has 0 aliphatic heterocycles. The first-order valence-corrected chi connectivity index (χ1v) is 13.2. The number of carboxylic acids is 2. The highest BCUT2D eigenvalue weighted by Gasteiger charge is 2.29. The predicted molar refractivity (Wildman–Crippen MR) is 149 cm³/mol. The van der Waals surface area contributed by atoms with Crippen molar-refractivity contribution in [1.29, 1.82) is 0 Å². The summed E-state index contributed by atoms with van der Waals surface area (Å²) < 4.78 is 31.8. The van der Waals surface area contributed by atoms with Gasteiger partial charge in [0.05, 0.1) is 18.2 Å². The largest absolute Gasteiger partial charge is 0.479 e. The van der Waals surface area contributed by atoms with Gasteiger partial charge in [-0.25, -0.2) is 18.4 Å². The van der Waals surface area contributed by atoms with Gasteiger partial charge >= 0.3 is 11.9 Å². The summed E-state index contributed by atoms with van der Waals surface area (Å²) in [6, 6.07) is 17.4. The van der Waals surface area contributed by atoms with Crippen LogP contribution < -0.4 is 5.32 Å². The normalized spacial score (nSPS) is 12.5. The third-order valence-corrected chi connectivity index (χ3v) is 6.78. The topological polar surface area (TPSA) is 142 Å². The highest BCUT2D eigenvalue weighted by Crippen LogP contribution is 2.30. The molecule has 1 heterocycles. The Balaban J connectivity index is 1.61. The number of aliphatic carboxylic acids is 1. The van der Waals surface area contributed by atoms with Crippen molar-refractivity contribution < 1.29 is 38.5 Å². The van der Waals surface area contributed by atoms with Gasteiger partial charge in [-0.15, -0.1) is 0 Å². The Bertz CT molecular complexity index is 1610. The summed E-state index contributed by atoms with van der Waals surface area (Å²) in [6.07, 6.45) is -0.722. The van der Waals surface area contributed by atoms with Crippen LogP contribution in [0.15, 0.2) is 72.8 Å². The number of aliphatic hydroxyl groups excluding tert-OH is 1. The first-order chi connectivity index (χ1) is 20.1. The van der Waals surface area contributed by atoms with Gasteiger partial charge in [-0.1, -0.05) is 74.0 Å². The summed E-state index contributed by atoms with van der Waals surface area (Å²) in [6.45, 7) is 1.67. The Morgan fingerprint density at radius 2 is 1.62 bits per heavy atom. The van der Waals surface area contributed by atoms with Crippen LogP contribution in [0.5, 0.6) is 0 Å². The molecule has 42 heavy (non-hydrogen) atoms. The van der Waals surface area contributed by atoms with Gasteiger partial charge < -0.3 is 20.6 Å². The van der Waals surface area contributed by atoms with Gasteiger partial charge in [-0.05, 0) is 36.1 Å². The molecule has 4 aromatic rings. The smallest absolute Gasteiger partial charge is 0.336 e. The number of benzene rings is 3. The SMILES string of the molecule is CCCc1cc(C(=O)NC(Cc2ccccc2)C(O)C(=O)O)nn1Cc1ccc(-c2ccccc2C(=O)O)c(F)c1F. The molecule has 4 N–H and O–H groups in total. The minimum atomic E-state index is -1.88. The summed E-state index contributed by atoms with van der Waals surface area (Å²) in [4.78, 5) is 36.2. The van der Waals surface area contributed by atoms with Crippen molar-refractivity contribution in [3.63, 3.8) is 0 Å². The van der Waals surface area contributed by atoms with E-state index in [1.165, 1.54) is 47.1 Å². The van der Waals surface area contributed by atoms with Crippen LogP contribution in [-0.4, -0.2) is 55.1 Å². The van der Waals surface area contributed by atoms with Crippen molar-refractivity contribution in [3.05, 3.63) is 113 Å². The lowest BCUT2D eigenvalue weighted by molar-refractivity contribution is -0.148. The number of amides is 1. The molecular formula is C31H29F2N3O6. The second-order valence-electron chi connectivity index (χ2n) is 9.73. The van der Waals surface area contributed by atoms with Crippen molar-refractivity contribution in [1.82, 2.24) is 15.1 Å². The van der Waals surface area contributed by atoms with Crippen LogP contribution in [0.4, 0.5) is 8.78 Å². The first kappa shape index (κ1) is 30.1. The van der Waals surface area contributed by atoms with E-state index in [-0.39, 0.29) is 40.9 Å². The zero-order valence-electron chi connectivity index (χ0n) is 22.6. The molecule has 2 atom stereocenters. The number of carboxylic acid groups (broad SMARTS) is 2. The maximum atomic E-state index is 15.3. The molecule has 1 amide bonds. The van der Waals surface area contributed by atoms with E-state index in [2.05, 4.69) is 10.4 Å². The molecule has 4 rings (SSSR count). The van der Waals surface area contributed by atoms with Crippen molar-refractivity contribution in [2.45, 2.75) is 44.9 Å². The average molecular weight is 578 g/mol. The van der Waals surface area contributed by atoms with E-state index in [1.807, 2.05) is 6.92 Å². The minimum Gasteiger partial charge on any atom is -0.479 e. The van der Waals surface area contributed by atoms with E-state index in [0.29, 0.717) is 24.1 Å². The van der Waals surface area contributed by atoms with Crippen LogP contribution in [0.3, 0.4) is 0 Å². The molecule has 9 nitrogen and oxygen atoms in total. The molecule has 0 aliphatic carbocycles. The predicted octanol–water partition coefficient (Wildman–Crippen LogP) is 4.31. The number of aliphatic hydroxyl groups is 1. The third-order valence-electron chi connectivity index (χ3n) is 6.78. The van der Waals surface area contributed by atoms with E-state index >= 15 is 8.78 Å². The fourth-order valence-corrected chi connectivity index (χ4v) is 4.67. The van der Waals surface area contributed by atoms with Crippen LogP contribution in [0.1, 0.15) is 51.0 Å². The average Bonchev–Trinajstić information content (AvgIpc) is 3.37. The molecule has 0 bridgehead atoms. The Morgan fingerprint density at radius 3 is 2.29 bits per heavy atom. The van der Waals surface area contributed by atoms with Crippen LogP contribution >= 0.6 is 0 Å². The Kier molecular flexibility index (Phi) is 9.43. The summed E-state index contributed by atoms with van der Waals surface area (Å²) in [7, 11) is 0. The quantitative estimate of drug-likeness (QED) is 0.197. The summed E-state index contributed by atoms with van der Waals surface area (Å²) in [5.41, 5.74) is 0.765. The number of hydrogen-bond acceptors (Lipinski definition) is 5. The summed E-state index contributed by atoms with van der Waals surface area (Å²) >= 11 is 0. The lowest BCUT2D eigenvalue weighted by atomic mass is 9.97. The molecule has 3 aromatic carbocycles. The second-order valence-corrected chi connectivity index (χ2v) is 9.73. The number of aryl methyl sites for hydroxylation is 1. The number of rotatable bonds is 12. The van der Waals surface area contributed by atoms with Gasteiger partial charge in [-0.2, -0.15) is 5.10 Å². The Morgan fingerprint density at radius 1 is 0.929 bits per heavy atom. The maximum Gasteiger partial charge on any atom is 0.336 e. The number of aromatic carboxylic acids is 1. The monoisotopic (exact) mass is 577 g/mol. The number of nitrogens with one attached hydrogen (secondary N) is 1. The number of halogens is 2. The molecule has 0 spiro atoms. The van der Waals surface area contributed by atoms with Crippen molar-refractivity contribution in [2.75, 3.05) is 0 Å². The van der Waals surface area contributed by atoms with Crippen molar-refractivity contribution in [2.24, 2.45) is 0 Å². The van der Waals surface area contributed by atoms with E-state index in [4.69, 9.17) is 0 Å². The molecule has 0 aliphatic rings. The fraction of sp³-hybridized carbons (Fsp3) is 0.226. The zero-order chi connectivity index (χ0) is 30.4. The van der Waals surface area contributed by atoms with Crippen molar-refractivity contribution >= 4 is 17.8 Å².